The van der Waals surface area contributed by atoms with Crippen LogP contribution in [0, 0.1) is 6.92 Å². The largest absolute Gasteiger partial charge is 0.269 e. The maximum atomic E-state index is 13.7. The molecule has 3 aromatic carbocycles. The first kappa shape index (κ1) is 19.3. The molecule has 1 aromatic heterocycles. The monoisotopic (exact) mass is 471 g/mol. The molecular weight excluding hydrogens is 454 g/mol. The number of hydrogen-bond acceptors (Lipinski definition) is 3. The van der Waals surface area contributed by atoms with Gasteiger partial charge in [-0.05, 0) is 48.6 Å². The molecule has 0 fully saturated rings. The van der Waals surface area contributed by atoms with Gasteiger partial charge in [0.1, 0.15) is 0 Å². The van der Waals surface area contributed by atoms with Crippen LogP contribution in [0.3, 0.4) is 0 Å². The fourth-order valence-corrected chi connectivity index (χ4v) is 6.58. The first-order chi connectivity index (χ1) is 13.4. The molecule has 0 saturated heterocycles. The molecule has 0 amide bonds. The second-order valence-corrected chi connectivity index (χ2v) is 9.91. The van der Waals surface area contributed by atoms with Crippen LogP contribution in [0.15, 0.2) is 87.2 Å². The quantitative estimate of drug-likeness (QED) is 0.326. The van der Waals surface area contributed by atoms with Crippen molar-refractivity contribution in [3.63, 3.8) is 0 Å². The third-order valence-electron chi connectivity index (χ3n) is 4.73. The SMILES string of the molecule is CSc1c(-c2ccc(Br)cc2)c2ccccc2n1S(=O)(=O)c1ccccc1C. The summed E-state index contributed by atoms with van der Waals surface area (Å²) in [4.78, 5) is 0.327. The predicted molar refractivity (Wildman–Crippen MR) is 121 cm³/mol. The summed E-state index contributed by atoms with van der Waals surface area (Å²) in [7, 11) is -3.75. The molecule has 0 N–H and O–H groups in total. The molecule has 0 radical (unpaired) electrons. The van der Waals surface area contributed by atoms with Crippen molar-refractivity contribution in [1.29, 1.82) is 0 Å². The lowest BCUT2D eigenvalue weighted by molar-refractivity contribution is 0.585. The standard InChI is InChI=1S/C22H18BrNO2S2/c1-15-7-3-6-10-20(15)28(25,26)24-19-9-5-4-8-18(19)21(22(24)27-2)16-11-13-17(23)14-12-16/h3-14H,1-2H3. The van der Waals surface area contributed by atoms with E-state index in [1.165, 1.54) is 15.7 Å². The molecule has 3 nitrogen and oxygen atoms in total. The lowest BCUT2D eigenvalue weighted by Gasteiger charge is -2.13. The van der Waals surface area contributed by atoms with Gasteiger partial charge < -0.3 is 0 Å². The summed E-state index contributed by atoms with van der Waals surface area (Å²) < 4.78 is 29.9. The van der Waals surface area contributed by atoms with Crippen molar-refractivity contribution in [3.05, 3.63) is 82.8 Å². The Morgan fingerprint density at radius 2 is 1.54 bits per heavy atom. The second-order valence-electron chi connectivity index (χ2n) is 6.44. The fourth-order valence-electron chi connectivity index (χ4n) is 3.45. The summed E-state index contributed by atoms with van der Waals surface area (Å²) in [6, 6.07) is 22.8. The number of fused-ring (bicyclic) bond motifs is 1. The first-order valence-corrected chi connectivity index (χ1v) is 12.2. The molecule has 0 aliphatic rings. The van der Waals surface area contributed by atoms with E-state index in [1.54, 1.807) is 12.1 Å². The summed E-state index contributed by atoms with van der Waals surface area (Å²) in [6.07, 6.45) is 1.92. The lowest BCUT2D eigenvalue weighted by atomic mass is 10.1. The van der Waals surface area contributed by atoms with E-state index in [0.29, 0.717) is 15.4 Å². The number of nitrogens with zero attached hydrogens (tertiary/aromatic N) is 1. The first-order valence-electron chi connectivity index (χ1n) is 8.69. The van der Waals surface area contributed by atoms with Crippen molar-refractivity contribution in [2.45, 2.75) is 16.8 Å². The molecule has 6 heteroatoms. The van der Waals surface area contributed by atoms with Crippen LogP contribution in [0.5, 0.6) is 0 Å². The number of hydrogen-bond donors (Lipinski definition) is 0. The van der Waals surface area contributed by atoms with E-state index < -0.39 is 10.0 Å². The third-order valence-corrected chi connectivity index (χ3v) is 8.02. The predicted octanol–water partition coefficient (Wildman–Crippen LogP) is 6.34. The van der Waals surface area contributed by atoms with Crippen LogP contribution < -0.4 is 0 Å². The topological polar surface area (TPSA) is 39.1 Å². The number of aromatic nitrogens is 1. The molecule has 4 aromatic rings. The molecule has 28 heavy (non-hydrogen) atoms. The van der Waals surface area contributed by atoms with Crippen LogP contribution in [0.2, 0.25) is 0 Å². The molecule has 0 spiro atoms. The van der Waals surface area contributed by atoms with E-state index >= 15 is 0 Å². The van der Waals surface area contributed by atoms with Crippen LogP contribution in [-0.2, 0) is 10.0 Å². The maximum absolute atomic E-state index is 13.7. The zero-order valence-electron chi connectivity index (χ0n) is 15.4. The van der Waals surface area contributed by atoms with Gasteiger partial charge in [0.2, 0.25) is 0 Å². The summed E-state index contributed by atoms with van der Waals surface area (Å²) in [6.45, 7) is 1.83. The average molecular weight is 472 g/mol. The highest BCUT2D eigenvalue weighted by Crippen LogP contribution is 2.42. The Bertz CT molecular complexity index is 1280. The minimum Gasteiger partial charge on any atom is -0.227 e. The van der Waals surface area contributed by atoms with E-state index in [9.17, 15) is 8.42 Å². The average Bonchev–Trinajstić information content (AvgIpc) is 3.04. The highest BCUT2D eigenvalue weighted by atomic mass is 79.9. The van der Waals surface area contributed by atoms with Crippen molar-refractivity contribution >= 4 is 48.6 Å². The van der Waals surface area contributed by atoms with Gasteiger partial charge in [0.05, 0.1) is 15.4 Å². The smallest absolute Gasteiger partial charge is 0.227 e. The van der Waals surface area contributed by atoms with Crippen molar-refractivity contribution in [2.75, 3.05) is 6.26 Å². The number of halogens is 1. The van der Waals surface area contributed by atoms with Gasteiger partial charge in [-0.15, -0.1) is 11.8 Å². The Labute approximate surface area is 177 Å². The zero-order valence-corrected chi connectivity index (χ0v) is 18.6. The Balaban J connectivity index is 2.11. The minimum absolute atomic E-state index is 0.327. The van der Waals surface area contributed by atoms with Crippen LogP contribution in [0.25, 0.3) is 22.0 Å². The normalized spacial score (nSPS) is 11.8. The van der Waals surface area contributed by atoms with Crippen LogP contribution in [0.1, 0.15) is 5.56 Å². The van der Waals surface area contributed by atoms with Crippen LogP contribution >= 0.6 is 27.7 Å². The van der Waals surface area contributed by atoms with Gasteiger partial charge in [0, 0.05) is 15.4 Å². The third kappa shape index (κ3) is 3.09. The Hall–Kier alpha value is -2.02. The van der Waals surface area contributed by atoms with Gasteiger partial charge in [0.25, 0.3) is 10.0 Å². The van der Waals surface area contributed by atoms with Crippen molar-refractivity contribution < 1.29 is 8.42 Å². The van der Waals surface area contributed by atoms with E-state index in [2.05, 4.69) is 15.9 Å². The van der Waals surface area contributed by atoms with Gasteiger partial charge in [-0.1, -0.05) is 64.5 Å². The van der Waals surface area contributed by atoms with Gasteiger partial charge in [0.15, 0.2) is 0 Å². The summed E-state index contributed by atoms with van der Waals surface area (Å²) in [5.41, 5.74) is 3.35. The summed E-state index contributed by atoms with van der Waals surface area (Å²) in [5.74, 6) is 0. The fraction of sp³-hybridized carbons (Fsp3) is 0.0909. The van der Waals surface area contributed by atoms with Crippen molar-refractivity contribution in [3.8, 4) is 11.1 Å². The van der Waals surface area contributed by atoms with Gasteiger partial charge in [-0.3, -0.25) is 0 Å². The minimum atomic E-state index is -3.75. The van der Waals surface area contributed by atoms with Gasteiger partial charge in [-0.25, -0.2) is 12.4 Å². The summed E-state index contributed by atoms with van der Waals surface area (Å²) in [5, 5.41) is 1.64. The molecule has 0 bridgehead atoms. The van der Waals surface area contributed by atoms with Crippen LogP contribution in [0.4, 0.5) is 0 Å². The summed E-state index contributed by atoms with van der Waals surface area (Å²) >= 11 is 4.92. The van der Waals surface area contributed by atoms with Crippen LogP contribution in [-0.4, -0.2) is 18.6 Å². The van der Waals surface area contributed by atoms with E-state index in [1.807, 2.05) is 73.8 Å². The Morgan fingerprint density at radius 1 is 0.893 bits per heavy atom. The molecule has 0 aliphatic carbocycles. The molecule has 0 unspecified atom stereocenters. The number of benzene rings is 3. The Kier molecular flexibility index (Phi) is 5.12. The molecule has 4 rings (SSSR count). The second kappa shape index (κ2) is 7.43. The van der Waals surface area contributed by atoms with E-state index in [-0.39, 0.29) is 0 Å². The number of thioether (sulfide) groups is 1. The van der Waals surface area contributed by atoms with E-state index in [4.69, 9.17) is 0 Å². The van der Waals surface area contributed by atoms with Gasteiger partial charge >= 0.3 is 0 Å². The number of para-hydroxylation sites is 1. The van der Waals surface area contributed by atoms with E-state index in [0.717, 1.165) is 26.5 Å². The molecule has 0 saturated carbocycles. The van der Waals surface area contributed by atoms with Gasteiger partial charge in [-0.2, -0.15) is 0 Å². The molecule has 0 atom stereocenters. The maximum Gasteiger partial charge on any atom is 0.269 e. The number of rotatable bonds is 4. The lowest BCUT2D eigenvalue weighted by Crippen LogP contribution is -2.15. The van der Waals surface area contributed by atoms with Crippen molar-refractivity contribution in [1.82, 2.24) is 3.97 Å². The zero-order chi connectivity index (χ0) is 19.9. The van der Waals surface area contributed by atoms with Crippen molar-refractivity contribution in [2.24, 2.45) is 0 Å². The molecular formula is C22H18BrNO2S2. The number of aryl methyl sites for hydroxylation is 1. The molecule has 0 aliphatic heterocycles. The molecule has 1 heterocycles. The molecule has 142 valence electrons. The highest BCUT2D eigenvalue weighted by Gasteiger charge is 2.28. The Morgan fingerprint density at radius 3 is 2.21 bits per heavy atom. The highest BCUT2D eigenvalue weighted by molar-refractivity contribution is 9.10.